The molecule has 0 spiro atoms. The summed E-state index contributed by atoms with van der Waals surface area (Å²) in [7, 11) is 1.84. The van der Waals surface area contributed by atoms with E-state index in [4.69, 9.17) is 0 Å². The number of hydrogen-bond acceptors (Lipinski definition) is 3. The van der Waals surface area contributed by atoms with Crippen LogP contribution in [0.5, 0.6) is 0 Å². The zero-order valence-electron chi connectivity index (χ0n) is 7.36. The van der Waals surface area contributed by atoms with E-state index in [1.807, 2.05) is 20.2 Å². The minimum absolute atomic E-state index is 0.0751. The molecule has 1 unspecified atom stereocenters. The number of rotatable bonds is 2. The SMILES string of the molecule is CC(O)C1(c2cn(C)nn2)CC1. The molecule has 0 aromatic carbocycles. The van der Waals surface area contributed by atoms with Crippen LogP contribution in [0.25, 0.3) is 0 Å². The Hall–Kier alpha value is -0.900. The standard InChI is InChI=1S/C8H13N3O/c1-6(12)8(3-4-8)7-5-11(2)10-9-7/h5-6,12H,3-4H2,1-2H3. The smallest absolute Gasteiger partial charge is 0.0914 e. The highest BCUT2D eigenvalue weighted by Gasteiger charge is 2.50. The van der Waals surface area contributed by atoms with Crippen molar-refractivity contribution in [3.8, 4) is 0 Å². The molecule has 0 amide bonds. The summed E-state index contributed by atoms with van der Waals surface area (Å²) in [6.45, 7) is 1.82. The summed E-state index contributed by atoms with van der Waals surface area (Å²) in [6.07, 6.45) is 3.64. The van der Waals surface area contributed by atoms with Crippen molar-refractivity contribution in [2.45, 2.75) is 31.3 Å². The summed E-state index contributed by atoms with van der Waals surface area (Å²) in [5.74, 6) is 0. The minimum atomic E-state index is -0.311. The molecular weight excluding hydrogens is 154 g/mol. The quantitative estimate of drug-likeness (QED) is 0.686. The summed E-state index contributed by atoms with van der Waals surface area (Å²) in [5, 5.41) is 17.4. The monoisotopic (exact) mass is 167 g/mol. The van der Waals surface area contributed by atoms with Crippen LogP contribution < -0.4 is 0 Å². The highest BCUT2D eigenvalue weighted by molar-refractivity contribution is 5.23. The van der Waals surface area contributed by atoms with Crippen LogP contribution in [-0.2, 0) is 12.5 Å². The topological polar surface area (TPSA) is 50.9 Å². The van der Waals surface area contributed by atoms with Crippen molar-refractivity contribution in [2.75, 3.05) is 0 Å². The minimum Gasteiger partial charge on any atom is -0.392 e. The third-order valence-electron chi connectivity index (χ3n) is 2.70. The normalized spacial score (nSPS) is 22.2. The van der Waals surface area contributed by atoms with Crippen LogP contribution in [0.4, 0.5) is 0 Å². The Morgan fingerprint density at radius 1 is 1.67 bits per heavy atom. The van der Waals surface area contributed by atoms with Gasteiger partial charge < -0.3 is 5.11 Å². The second-order valence-corrected chi connectivity index (χ2v) is 3.61. The number of nitrogens with zero attached hydrogens (tertiary/aromatic N) is 3. The molecule has 66 valence electrons. The average Bonchev–Trinajstić information content (AvgIpc) is 2.71. The van der Waals surface area contributed by atoms with Gasteiger partial charge in [0.2, 0.25) is 0 Å². The molecular formula is C8H13N3O. The van der Waals surface area contributed by atoms with Gasteiger partial charge in [-0.05, 0) is 19.8 Å². The molecule has 0 saturated heterocycles. The van der Waals surface area contributed by atoms with E-state index in [1.165, 1.54) is 0 Å². The van der Waals surface area contributed by atoms with Gasteiger partial charge in [-0.25, -0.2) is 0 Å². The molecule has 1 saturated carbocycles. The molecule has 4 nitrogen and oxygen atoms in total. The molecule has 1 aromatic heterocycles. The Morgan fingerprint density at radius 2 is 2.33 bits per heavy atom. The van der Waals surface area contributed by atoms with Gasteiger partial charge >= 0.3 is 0 Å². The van der Waals surface area contributed by atoms with Crippen molar-refractivity contribution in [1.82, 2.24) is 15.0 Å². The number of aliphatic hydroxyl groups excluding tert-OH is 1. The molecule has 1 aliphatic rings. The fourth-order valence-corrected chi connectivity index (χ4v) is 1.60. The van der Waals surface area contributed by atoms with E-state index in [1.54, 1.807) is 4.68 Å². The molecule has 1 aromatic rings. The Labute approximate surface area is 71.2 Å². The second kappa shape index (κ2) is 2.29. The van der Waals surface area contributed by atoms with Gasteiger partial charge in [-0.1, -0.05) is 5.21 Å². The summed E-state index contributed by atoms with van der Waals surface area (Å²) >= 11 is 0. The van der Waals surface area contributed by atoms with Gasteiger partial charge in [-0.15, -0.1) is 5.10 Å². The average molecular weight is 167 g/mol. The van der Waals surface area contributed by atoms with Gasteiger partial charge in [-0.3, -0.25) is 4.68 Å². The Kier molecular flexibility index (Phi) is 1.48. The van der Waals surface area contributed by atoms with Crippen LogP contribution in [0.3, 0.4) is 0 Å². The lowest BCUT2D eigenvalue weighted by molar-refractivity contribution is 0.148. The maximum atomic E-state index is 9.53. The van der Waals surface area contributed by atoms with E-state index in [0.717, 1.165) is 18.5 Å². The Morgan fingerprint density at radius 3 is 2.67 bits per heavy atom. The highest BCUT2D eigenvalue weighted by Crippen LogP contribution is 2.49. The first-order valence-electron chi connectivity index (χ1n) is 4.20. The van der Waals surface area contributed by atoms with Crippen LogP contribution in [0.15, 0.2) is 6.20 Å². The van der Waals surface area contributed by atoms with E-state index in [9.17, 15) is 5.11 Å². The van der Waals surface area contributed by atoms with Crippen molar-refractivity contribution < 1.29 is 5.11 Å². The van der Waals surface area contributed by atoms with Gasteiger partial charge in [0.05, 0.1) is 11.8 Å². The molecule has 4 heteroatoms. The molecule has 0 radical (unpaired) electrons. The molecule has 0 aliphatic heterocycles. The highest BCUT2D eigenvalue weighted by atomic mass is 16.3. The third-order valence-corrected chi connectivity index (χ3v) is 2.70. The summed E-state index contributed by atoms with van der Waals surface area (Å²) in [5.41, 5.74) is 0.855. The van der Waals surface area contributed by atoms with Crippen molar-refractivity contribution >= 4 is 0 Å². The molecule has 1 heterocycles. The largest absolute Gasteiger partial charge is 0.392 e. The van der Waals surface area contributed by atoms with E-state index < -0.39 is 0 Å². The van der Waals surface area contributed by atoms with Crippen LogP contribution in [0, 0.1) is 0 Å². The van der Waals surface area contributed by atoms with Crippen LogP contribution in [-0.4, -0.2) is 26.2 Å². The lowest BCUT2D eigenvalue weighted by Gasteiger charge is -2.14. The second-order valence-electron chi connectivity index (χ2n) is 3.61. The van der Waals surface area contributed by atoms with E-state index in [0.29, 0.717) is 0 Å². The number of aromatic nitrogens is 3. The van der Waals surface area contributed by atoms with Gasteiger partial charge in [0.15, 0.2) is 0 Å². The first-order chi connectivity index (χ1) is 5.65. The van der Waals surface area contributed by atoms with Crippen molar-refractivity contribution in [1.29, 1.82) is 0 Å². The summed E-state index contributed by atoms with van der Waals surface area (Å²) < 4.78 is 1.68. The zero-order valence-corrected chi connectivity index (χ0v) is 7.36. The van der Waals surface area contributed by atoms with Gasteiger partial charge in [0.1, 0.15) is 0 Å². The predicted molar refractivity (Wildman–Crippen MR) is 43.6 cm³/mol. The molecule has 1 aliphatic carbocycles. The van der Waals surface area contributed by atoms with E-state index in [2.05, 4.69) is 10.3 Å². The van der Waals surface area contributed by atoms with Crippen molar-refractivity contribution in [3.05, 3.63) is 11.9 Å². The van der Waals surface area contributed by atoms with Crippen LogP contribution in [0.2, 0.25) is 0 Å². The van der Waals surface area contributed by atoms with Gasteiger partial charge in [0, 0.05) is 18.7 Å². The first-order valence-corrected chi connectivity index (χ1v) is 4.20. The van der Waals surface area contributed by atoms with Crippen molar-refractivity contribution in [3.63, 3.8) is 0 Å². The number of aryl methyl sites for hydroxylation is 1. The van der Waals surface area contributed by atoms with E-state index in [-0.39, 0.29) is 11.5 Å². The lowest BCUT2D eigenvalue weighted by Crippen LogP contribution is -2.22. The van der Waals surface area contributed by atoms with Gasteiger partial charge in [-0.2, -0.15) is 0 Å². The molecule has 0 bridgehead atoms. The zero-order chi connectivity index (χ0) is 8.77. The maximum absolute atomic E-state index is 9.53. The molecule has 12 heavy (non-hydrogen) atoms. The van der Waals surface area contributed by atoms with E-state index >= 15 is 0 Å². The number of hydrogen-bond donors (Lipinski definition) is 1. The summed E-state index contributed by atoms with van der Waals surface area (Å²) in [6, 6.07) is 0. The first kappa shape index (κ1) is 7.73. The maximum Gasteiger partial charge on any atom is 0.0914 e. The van der Waals surface area contributed by atoms with Crippen molar-refractivity contribution in [2.24, 2.45) is 7.05 Å². The molecule has 2 rings (SSSR count). The van der Waals surface area contributed by atoms with Gasteiger partial charge in [0.25, 0.3) is 0 Å². The van der Waals surface area contributed by atoms with Crippen LogP contribution in [0.1, 0.15) is 25.5 Å². The molecule has 1 atom stereocenters. The predicted octanol–water partition coefficient (Wildman–Crippen LogP) is 0.227. The third kappa shape index (κ3) is 0.948. The Bertz CT molecular complexity index is 288. The summed E-state index contributed by atoms with van der Waals surface area (Å²) in [4.78, 5) is 0. The molecule has 1 N–H and O–H groups in total. The lowest BCUT2D eigenvalue weighted by atomic mass is 9.97. The fourth-order valence-electron chi connectivity index (χ4n) is 1.60. The Balaban J connectivity index is 2.30. The molecule has 1 fully saturated rings. The fraction of sp³-hybridized carbons (Fsp3) is 0.750. The van der Waals surface area contributed by atoms with Crippen LogP contribution >= 0.6 is 0 Å². The number of aliphatic hydroxyl groups is 1.